The number of pyridine rings is 1. The number of phosphoric acid groups is 1. The Kier molecular flexibility index (Phi) is 11.1. The molecule has 3 atom stereocenters. The summed E-state index contributed by atoms with van der Waals surface area (Å²) in [5, 5.41) is 16.5. The fraction of sp³-hybridized carbons (Fsp3) is 0.370. The molecule has 2 aromatic carbocycles. The largest absolute Gasteiger partial charge is 0.474 e. The van der Waals surface area contributed by atoms with Gasteiger partial charge in [0.1, 0.15) is 28.9 Å². The Morgan fingerprint density at radius 3 is 2.68 bits per heavy atom. The molecule has 0 radical (unpaired) electrons. The molecule has 238 valence electrons. The number of benzene rings is 2. The van der Waals surface area contributed by atoms with Crippen molar-refractivity contribution < 1.29 is 46.3 Å². The van der Waals surface area contributed by atoms with Gasteiger partial charge in [-0.05, 0) is 41.3 Å². The lowest BCUT2D eigenvalue weighted by Gasteiger charge is -2.30. The van der Waals surface area contributed by atoms with Crippen molar-refractivity contribution in [3.8, 4) is 0 Å². The quantitative estimate of drug-likeness (QED) is 0.156. The van der Waals surface area contributed by atoms with E-state index >= 15 is 0 Å². The van der Waals surface area contributed by atoms with Gasteiger partial charge in [0.2, 0.25) is 0 Å². The SMILES string of the molecule is COP(=O)(OC)OCC(O)C[C@]1(N(C)C(=O)NCc2cccc(F)c2Cl)SC1COC(=O)Nc1cc2cc(F)ccc2cn1. The summed E-state index contributed by atoms with van der Waals surface area (Å²) in [6.45, 7) is -0.699. The van der Waals surface area contributed by atoms with Gasteiger partial charge < -0.3 is 20.1 Å². The number of hydrogen-bond acceptors (Lipinski definition) is 10. The smallest absolute Gasteiger partial charge is 0.448 e. The average molecular weight is 675 g/mol. The predicted molar refractivity (Wildman–Crippen MR) is 160 cm³/mol. The van der Waals surface area contributed by atoms with Crippen molar-refractivity contribution in [3.63, 3.8) is 0 Å². The van der Waals surface area contributed by atoms with Crippen LogP contribution in [0, 0.1) is 11.6 Å². The number of anilines is 1. The van der Waals surface area contributed by atoms with Gasteiger partial charge >= 0.3 is 19.9 Å². The van der Waals surface area contributed by atoms with Crippen molar-refractivity contribution >= 4 is 59.9 Å². The zero-order valence-corrected chi connectivity index (χ0v) is 26.3. The molecule has 0 saturated carbocycles. The lowest BCUT2D eigenvalue weighted by atomic mass is 10.1. The third-order valence-electron chi connectivity index (χ3n) is 6.81. The first kappa shape index (κ1) is 33.8. The van der Waals surface area contributed by atoms with Gasteiger partial charge in [0, 0.05) is 45.8 Å². The molecule has 2 heterocycles. The number of carbonyl (C=O) groups excluding carboxylic acids is 2. The Bertz CT molecular complexity index is 1570. The van der Waals surface area contributed by atoms with Crippen LogP contribution in [0.2, 0.25) is 5.02 Å². The summed E-state index contributed by atoms with van der Waals surface area (Å²) >= 11 is 7.24. The lowest BCUT2D eigenvalue weighted by Crippen LogP contribution is -2.48. The van der Waals surface area contributed by atoms with E-state index in [4.69, 9.17) is 29.9 Å². The number of aromatic nitrogens is 1. The molecule has 1 saturated heterocycles. The molecule has 1 aromatic heterocycles. The molecule has 17 heteroatoms. The summed E-state index contributed by atoms with van der Waals surface area (Å²) in [6.07, 6.45) is -0.683. The topological polar surface area (TPSA) is 149 Å². The van der Waals surface area contributed by atoms with Crippen molar-refractivity contribution in [1.82, 2.24) is 15.2 Å². The highest BCUT2D eigenvalue weighted by Gasteiger charge is 2.61. The second-order valence-corrected chi connectivity index (χ2v) is 13.4. The molecule has 2 unspecified atom stereocenters. The second-order valence-electron chi connectivity index (χ2n) is 9.63. The Morgan fingerprint density at radius 1 is 1.20 bits per heavy atom. The molecule has 3 amide bonds. The summed E-state index contributed by atoms with van der Waals surface area (Å²) in [6, 6.07) is 9.30. The summed E-state index contributed by atoms with van der Waals surface area (Å²) in [5.41, 5.74) is 0.357. The van der Waals surface area contributed by atoms with Crippen LogP contribution in [0.5, 0.6) is 0 Å². The van der Waals surface area contributed by atoms with E-state index in [0.717, 1.165) is 14.2 Å². The van der Waals surface area contributed by atoms with Crippen molar-refractivity contribution in [3.05, 3.63) is 70.9 Å². The van der Waals surface area contributed by atoms with Crippen LogP contribution < -0.4 is 10.6 Å². The third kappa shape index (κ3) is 8.16. The maximum Gasteiger partial charge on any atom is 0.474 e. The van der Waals surface area contributed by atoms with E-state index in [1.54, 1.807) is 12.1 Å². The van der Waals surface area contributed by atoms with Gasteiger partial charge in [-0.1, -0.05) is 23.7 Å². The minimum atomic E-state index is -3.88. The third-order valence-corrected chi connectivity index (χ3v) is 10.3. The van der Waals surface area contributed by atoms with Crippen LogP contribution >= 0.6 is 31.2 Å². The molecule has 0 bridgehead atoms. The van der Waals surface area contributed by atoms with Crippen LogP contribution in [-0.2, 0) is 29.4 Å². The van der Waals surface area contributed by atoms with E-state index < -0.39 is 54.4 Å². The standard InChI is InChI=1S/C27H30ClF2N4O8PS/c1-34(25(36)32-13-17-5-4-6-21(30)24(17)28)27(11-20(35)14-42-43(38,39-2)40-3)22(44-27)15-41-26(37)33-23-10-18-9-19(29)8-7-16(18)12-31-23/h4-10,12,20,22,35H,11,13-15H2,1-3H3,(H,32,36)(H,31,33,37)/t20?,22?,27-/m0/s1. The average Bonchev–Trinajstić information content (AvgIpc) is 3.71. The van der Waals surface area contributed by atoms with Crippen molar-refractivity contribution in [2.75, 3.05) is 39.8 Å². The highest BCUT2D eigenvalue weighted by molar-refractivity contribution is 8.08. The molecule has 3 N–H and O–H groups in total. The highest BCUT2D eigenvalue weighted by atomic mass is 35.5. The molecule has 1 aliphatic heterocycles. The number of ether oxygens (including phenoxy) is 1. The Hall–Kier alpha value is -3.04. The molecule has 4 rings (SSSR count). The van der Waals surface area contributed by atoms with Crippen LogP contribution in [0.25, 0.3) is 10.8 Å². The van der Waals surface area contributed by atoms with Crippen molar-refractivity contribution in [2.45, 2.75) is 29.2 Å². The van der Waals surface area contributed by atoms with E-state index in [1.165, 1.54) is 60.2 Å². The Morgan fingerprint density at radius 2 is 1.95 bits per heavy atom. The number of hydrogen-bond donors (Lipinski definition) is 3. The molecule has 1 aliphatic rings. The number of fused-ring (bicyclic) bond motifs is 1. The Balaban J connectivity index is 1.41. The van der Waals surface area contributed by atoms with Crippen molar-refractivity contribution in [2.24, 2.45) is 0 Å². The first-order valence-electron chi connectivity index (χ1n) is 13.0. The van der Waals surface area contributed by atoms with Crippen LogP contribution in [0.1, 0.15) is 12.0 Å². The summed E-state index contributed by atoms with van der Waals surface area (Å²) in [4.78, 5) is 30.1. The monoisotopic (exact) mass is 674 g/mol. The minimum absolute atomic E-state index is 0.0801. The summed E-state index contributed by atoms with van der Waals surface area (Å²) in [7, 11) is -0.140. The fourth-order valence-corrected chi connectivity index (χ4v) is 6.68. The predicted octanol–water partition coefficient (Wildman–Crippen LogP) is 5.54. The maximum absolute atomic E-state index is 13.8. The molecule has 0 aliphatic carbocycles. The summed E-state index contributed by atoms with van der Waals surface area (Å²) in [5.74, 6) is -0.926. The Labute approximate surface area is 261 Å². The number of thioether (sulfide) groups is 1. The van der Waals surface area contributed by atoms with Crippen LogP contribution in [0.4, 0.5) is 24.2 Å². The number of aliphatic hydroxyl groups is 1. The van der Waals surface area contributed by atoms with Gasteiger partial charge in [-0.2, -0.15) is 0 Å². The van der Waals surface area contributed by atoms with Gasteiger partial charge in [0.25, 0.3) is 0 Å². The number of rotatable bonds is 13. The van der Waals surface area contributed by atoms with E-state index in [9.17, 15) is 28.0 Å². The first-order chi connectivity index (χ1) is 20.9. The van der Waals surface area contributed by atoms with Gasteiger partial charge in [0.05, 0.1) is 23.0 Å². The fourth-order valence-electron chi connectivity index (χ4n) is 4.36. The zero-order chi connectivity index (χ0) is 32.1. The minimum Gasteiger partial charge on any atom is -0.448 e. The van der Waals surface area contributed by atoms with Gasteiger partial charge in [0.15, 0.2) is 0 Å². The zero-order valence-electron chi connectivity index (χ0n) is 23.8. The maximum atomic E-state index is 13.8. The van der Waals surface area contributed by atoms with Gasteiger partial charge in [-0.25, -0.2) is 27.9 Å². The number of nitrogens with zero attached hydrogens (tertiary/aromatic N) is 2. The highest BCUT2D eigenvalue weighted by Crippen LogP contribution is 2.58. The van der Waals surface area contributed by atoms with Gasteiger partial charge in [-0.3, -0.25) is 18.9 Å². The number of halogens is 3. The summed E-state index contributed by atoms with van der Waals surface area (Å²) < 4.78 is 59.6. The van der Waals surface area contributed by atoms with E-state index in [2.05, 4.69) is 15.6 Å². The molecule has 44 heavy (non-hydrogen) atoms. The molecule has 1 fully saturated rings. The van der Waals surface area contributed by atoms with E-state index in [0.29, 0.717) is 16.3 Å². The lowest BCUT2D eigenvalue weighted by molar-refractivity contribution is 0.0503. The number of urea groups is 1. The molecular formula is C27H30ClF2N4O8PS. The van der Waals surface area contributed by atoms with Crippen LogP contribution in [0.3, 0.4) is 0 Å². The number of carbonyl (C=O) groups is 2. The number of nitrogens with one attached hydrogen (secondary N) is 2. The number of amides is 3. The second kappa shape index (κ2) is 14.4. The van der Waals surface area contributed by atoms with E-state index in [1.807, 2.05) is 0 Å². The van der Waals surface area contributed by atoms with Crippen molar-refractivity contribution in [1.29, 1.82) is 0 Å². The first-order valence-corrected chi connectivity index (χ1v) is 15.8. The number of phosphoric ester groups is 1. The number of aliphatic hydroxyl groups excluding tert-OH is 1. The normalized spacial score (nSPS) is 18.5. The molecule has 12 nitrogen and oxygen atoms in total. The molecular weight excluding hydrogens is 645 g/mol. The van der Waals surface area contributed by atoms with E-state index in [-0.39, 0.29) is 30.4 Å². The van der Waals surface area contributed by atoms with Gasteiger partial charge in [-0.15, -0.1) is 11.8 Å². The molecule has 0 spiro atoms. The van der Waals surface area contributed by atoms with Crippen LogP contribution in [-0.4, -0.2) is 77.8 Å². The van der Waals surface area contributed by atoms with Crippen LogP contribution in [0.15, 0.2) is 48.7 Å². The molecule has 3 aromatic rings.